The van der Waals surface area contributed by atoms with Crippen molar-refractivity contribution in [3.8, 4) is 0 Å². The van der Waals surface area contributed by atoms with Gasteiger partial charge in [-0.25, -0.2) is 4.98 Å². The molecule has 94 valence electrons. The average Bonchev–Trinajstić information content (AvgIpc) is 2.82. The van der Waals surface area contributed by atoms with E-state index in [0.29, 0.717) is 5.95 Å². The van der Waals surface area contributed by atoms with Crippen molar-refractivity contribution in [3.63, 3.8) is 0 Å². The zero-order valence-electron chi connectivity index (χ0n) is 10.7. The van der Waals surface area contributed by atoms with Crippen molar-refractivity contribution in [1.29, 1.82) is 0 Å². The molecule has 1 aliphatic rings. The minimum atomic E-state index is 0.346. The first-order valence-electron chi connectivity index (χ1n) is 6.19. The number of nitrogens with two attached hydrogens (primary N) is 1. The van der Waals surface area contributed by atoms with Crippen molar-refractivity contribution < 1.29 is 0 Å². The molecular weight excluding hydrogens is 214 g/mol. The van der Waals surface area contributed by atoms with Crippen LogP contribution in [0.1, 0.15) is 18.4 Å². The van der Waals surface area contributed by atoms with E-state index in [1.807, 2.05) is 6.92 Å². The van der Waals surface area contributed by atoms with Crippen molar-refractivity contribution in [1.82, 2.24) is 14.9 Å². The van der Waals surface area contributed by atoms with Crippen LogP contribution in [0.15, 0.2) is 6.20 Å². The highest BCUT2D eigenvalue weighted by molar-refractivity contribution is 5.47. The van der Waals surface area contributed by atoms with Gasteiger partial charge in [0.1, 0.15) is 5.82 Å². The number of hydrogen-bond donors (Lipinski definition) is 1. The quantitative estimate of drug-likeness (QED) is 0.840. The van der Waals surface area contributed by atoms with Crippen LogP contribution >= 0.6 is 0 Å². The van der Waals surface area contributed by atoms with Gasteiger partial charge < -0.3 is 15.5 Å². The maximum absolute atomic E-state index is 5.62. The highest BCUT2D eigenvalue weighted by Crippen LogP contribution is 2.15. The van der Waals surface area contributed by atoms with Gasteiger partial charge in [0.05, 0.1) is 0 Å². The molecule has 1 aliphatic heterocycles. The van der Waals surface area contributed by atoms with Gasteiger partial charge in [0.2, 0.25) is 5.95 Å². The van der Waals surface area contributed by atoms with Crippen LogP contribution in [0.25, 0.3) is 0 Å². The molecule has 0 spiro atoms. The maximum atomic E-state index is 5.62. The first-order valence-corrected chi connectivity index (χ1v) is 6.19. The summed E-state index contributed by atoms with van der Waals surface area (Å²) < 4.78 is 0. The third kappa shape index (κ3) is 3.06. The van der Waals surface area contributed by atoms with Crippen LogP contribution in [0.3, 0.4) is 0 Å². The molecule has 0 bridgehead atoms. The fourth-order valence-electron chi connectivity index (χ4n) is 2.24. The van der Waals surface area contributed by atoms with Crippen molar-refractivity contribution >= 4 is 11.8 Å². The number of aromatic nitrogens is 2. The van der Waals surface area contributed by atoms with E-state index >= 15 is 0 Å². The molecule has 0 aliphatic carbocycles. The van der Waals surface area contributed by atoms with Crippen LogP contribution < -0.4 is 10.6 Å². The highest BCUT2D eigenvalue weighted by atomic mass is 15.2. The van der Waals surface area contributed by atoms with E-state index in [2.05, 4.69) is 26.8 Å². The third-order valence-corrected chi connectivity index (χ3v) is 3.28. The average molecular weight is 235 g/mol. The van der Waals surface area contributed by atoms with Gasteiger partial charge in [-0.15, -0.1) is 0 Å². The van der Waals surface area contributed by atoms with E-state index in [9.17, 15) is 0 Å². The topological polar surface area (TPSA) is 58.3 Å². The summed E-state index contributed by atoms with van der Waals surface area (Å²) >= 11 is 0. The Kier molecular flexibility index (Phi) is 3.78. The van der Waals surface area contributed by atoms with E-state index in [-0.39, 0.29) is 0 Å². The van der Waals surface area contributed by atoms with Crippen LogP contribution in [0.2, 0.25) is 0 Å². The molecule has 0 unspecified atom stereocenters. The molecular formula is C12H21N5. The summed E-state index contributed by atoms with van der Waals surface area (Å²) in [5.74, 6) is 1.29. The molecule has 5 heteroatoms. The molecule has 1 aromatic rings. The SMILES string of the molecule is Cc1cnc(N)nc1N(C)CCN1CCCC1. The Morgan fingerprint density at radius 2 is 2.12 bits per heavy atom. The Balaban J connectivity index is 1.93. The first-order chi connectivity index (χ1) is 8.16. The molecule has 17 heavy (non-hydrogen) atoms. The van der Waals surface area contributed by atoms with E-state index < -0.39 is 0 Å². The van der Waals surface area contributed by atoms with Crippen molar-refractivity contribution in [2.75, 3.05) is 43.9 Å². The molecule has 2 N–H and O–H groups in total. The van der Waals surface area contributed by atoms with Gasteiger partial charge in [0, 0.05) is 31.9 Å². The highest BCUT2D eigenvalue weighted by Gasteiger charge is 2.13. The van der Waals surface area contributed by atoms with Crippen molar-refractivity contribution in [2.24, 2.45) is 0 Å². The largest absolute Gasteiger partial charge is 0.368 e. The number of nitrogen functional groups attached to an aromatic ring is 1. The Hall–Kier alpha value is -1.36. The van der Waals surface area contributed by atoms with Gasteiger partial charge in [0.15, 0.2) is 0 Å². The van der Waals surface area contributed by atoms with Crippen molar-refractivity contribution in [2.45, 2.75) is 19.8 Å². The molecule has 2 rings (SSSR count). The zero-order valence-corrected chi connectivity index (χ0v) is 10.7. The van der Waals surface area contributed by atoms with Crippen LogP contribution in [-0.2, 0) is 0 Å². The predicted molar refractivity (Wildman–Crippen MR) is 70.1 cm³/mol. The number of hydrogen-bond acceptors (Lipinski definition) is 5. The molecule has 2 heterocycles. The molecule has 0 saturated carbocycles. The fourth-order valence-corrected chi connectivity index (χ4v) is 2.24. The summed E-state index contributed by atoms with van der Waals surface area (Å²) in [4.78, 5) is 12.9. The standard InChI is InChI=1S/C12H21N5/c1-10-9-14-12(13)15-11(10)16(2)7-8-17-5-3-4-6-17/h9H,3-8H2,1-2H3,(H2,13,14,15). The number of likely N-dealkylation sites (tertiary alicyclic amines) is 1. The second-order valence-electron chi connectivity index (χ2n) is 4.71. The zero-order chi connectivity index (χ0) is 12.3. The lowest BCUT2D eigenvalue weighted by molar-refractivity contribution is 0.346. The van der Waals surface area contributed by atoms with Gasteiger partial charge >= 0.3 is 0 Å². The van der Waals surface area contributed by atoms with Crippen LogP contribution in [-0.4, -0.2) is 48.1 Å². The number of anilines is 2. The smallest absolute Gasteiger partial charge is 0.221 e. The number of likely N-dealkylation sites (N-methyl/N-ethyl adjacent to an activating group) is 1. The number of aryl methyl sites for hydroxylation is 1. The molecule has 0 radical (unpaired) electrons. The molecule has 0 aromatic carbocycles. The van der Waals surface area contributed by atoms with Gasteiger partial charge in [0.25, 0.3) is 0 Å². The summed E-state index contributed by atoms with van der Waals surface area (Å²) in [6.45, 7) is 6.57. The van der Waals surface area contributed by atoms with Gasteiger partial charge in [-0.1, -0.05) is 0 Å². The summed E-state index contributed by atoms with van der Waals surface area (Å²) in [6.07, 6.45) is 4.45. The summed E-state index contributed by atoms with van der Waals surface area (Å²) in [5, 5.41) is 0. The lowest BCUT2D eigenvalue weighted by atomic mass is 10.3. The molecule has 0 amide bonds. The lowest BCUT2D eigenvalue weighted by Crippen LogP contribution is -2.32. The Labute approximate surface area is 103 Å². The van der Waals surface area contributed by atoms with Gasteiger partial charge in [-0.05, 0) is 32.9 Å². The van der Waals surface area contributed by atoms with E-state index in [4.69, 9.17) is 5.73 Å². The van der Waals surface area contributed by atoms with Crippen LogP contribution in [0.4, 0.5) is 11.8 Å². The van der Waals surface area contributed by atoms with Crippen LogP contribution in [0.5, 0.6) is 0 Å². The Morgan fingerprint density at radius 1 is 1.41 bits per heavy atom. The Morgan fingerprint density at radius 3 is 2.82 bits per heavy atom. The molecule has 1 fully saturated rings. The summed E-state index contributed by atoms with van der Waals surface area (Å²) in [6, 6.07) is 0. The van der Waals surface area contributed by atoms with Crippen LogP contribution in [0, 0.1) is 6.92 Å². The Bertz CT molecular complexity index is 373. The van der Waals surface area contributed by atoms with E-state index in [0.717, 1.165) is 24.5 Å². The lowest BCUT2D eigenvalue weighted by Gasteiger charge is -2.23. The minimum absolute atomic E-state index is 0.346. The van der Waals surface area contributed by atoms with E-state index in [1.165, 1.54) is 25.9 Å². The normalized spacial score (nSPS) is 16.4. The molecule has 1 aromatic heterocycles. The summed E-state index contributed by atoms with van der Waals surface area (Å²) in [5.41, 5.74) is 6.70. The molecule has 1 saturated heterocycles. The predicted octanol–water partition coefficient (Wildman–Crippen LogP) is 0.899. The maximum Gasteiger partial charge on any atom is 0.221 e. The monoisotopic (exact) mass is 235 g/mol. The van der Waals surface area contributed by atoms with Gasteiger partial charge in [-0.2, -0.15) is 4.98 Å². The first kappa shape index (κ1) is 12.1. The van der Waals surface area contributed by atoms with Crippen molar-refractivity contribution in [3.05, 3.63) is 11.8 Å². The van der Waals surface area contributed by atoms with Gasteiger partial charge in [-0.3, -0.25) is 0 Å². The molecule has 5 nitrogen and oxygen atoms in total. The second-order valence-corrected chi connectivity index (χ2v) is 4.71. The number of rotatable bonds is 4. The second kappa shape index (κ2) is 5.31. The third-order valence-electron chi connectivity index (χ3n) is 3.28. The number of nitrogens with zero attached hydrogens (tertiary/aromatic N) is 4. The molecule has 0 atom stereocenters. The minimum Gasteiger partial charge on any atom is -0.368 e. The fraction of sp³-hybridized carbons (Fsp3) is 0.667. The van der Waals surface area contributed by atoms with E-state index in [1.54, 1.807) is 6.20 Å². The summed E-state index contributed by atoms with van der Waals surface area (Å²) in [7, 11) is 2.06.